The van der Waals surface area contributed by atoms with Crippen LogP contribution in [-0.2, 0) is 11.3 Å². The maximum Gasteiger partial charge on any atom is 0.244 e. The molecule has 3 aromatic rings. The number of rotatable bonds is 6. The van der Waals surface area contributed by atoms with Crippen LogP contribution in [0.2, 0.25) is 0 Å². The minimum Gasteiger partial charge on any atom is -0.477 e. The Hall–Kier alpha value is -3.46. The third-order valence-corrected chi connectivity index (χ3v) is 3.82. The zero-order valence-corrected chi connectivity index (χ0v) is 14.3. The molecule has 1 atom stereocenters. The number of ether oxygens (including phenoxy) is 1. The van der Waals surface area contributed by atoms with E-state index in [1.54, 1.807) is 6.07 Å². The van der Waals surface area contributed by atoms with E-state index in [-0.39, 0.29) is 11.6 Å². The summed E-state index contributed by atoms with van der Waals surface area (Å²) in [5.41, 5.74) is 2.45. The van der Waals surface area contributed by atoms with Gasteiger partial charge in [0, 0.05) is 6.54 Å². The molecule has 0 aliphatic heterocycles. The molecule has 0 saturated carbocycles. The molecule has 1 amide bonds. The first-order valence-electron chi connectivity index (χ1n) is 8.33. The fraction of sp³-hybridized carbons (Fsp3) is 0.200. The molecule has 0 spiro atoms. The van der Waals surface area contributed by atoms with Crippen LogP contribution >= 0.6 is 0 Å². The highest BCUT2D eigenvalue weighted by Gasteiger charge is 2.27. The Labute approximate surface area is 151 Å². The van der Waals surface area contributed by atoms with Crippen molar-refractivity contribution in [2.45, 2.75) is 19.4 Å². The normalized spacial score (nSPS) is 11.5. The van der Waals surface area contributed by atoms with Gasteiger partial charge < -0.3 is 10.1 Å². The molecule has 1 heterocycles. The molecule has 1 N–H and O–H groups in total. The minimum absolute atomic E-state index is 0.215. The summed E-state index contributed by atoms with van der Waals surface area (Å²) in [6.07, 6.45) is 0. The highest BCUT2D eigenvalue weighted by molar-refractivity contribution is 5.87. The summed E-state index contributed by atoms with van der Waals surface area (Å²) in [5.74, 6) is -1.31. The number of aromatic nitrogens is 2. The number of hydrogen-bond donors (Lipinski definition) is 1. The van der Waals surface area contributed by atoms with Gasteiger partial charge in [-0.2, -0.15) is 5.26 Å². The van der Waals surface area contributed by atoms with E-state index in [4.69, 9.17) is 4.74 Å². The van der Waals surface area contributed by atoms with Crippen LogP contribution in [-0.4, -0.2) is 22.5 Å². The number of carbonyl (C=O) groups is 1. The molecule has 6 heteroatoms. The molecule has 2 aromatic carbocycles. The van der Waals surface area contributed by atoms with Crippen LogP contribution in [0, 0.1) is 11.3 Å². The standard InChI is InChI=1S/C20H18N4O2/c1-2-26-20-18(23-16-10-6-7-11-17(16)24-20)15(12-21)19(25)22-13-14-8-4-3-5-9-14/h3-11,15H,2,13H2,1H3,(H,22,25). The van der Waals surface area contributed by atoms with Gasteiger partial charge in [-0.05, 0) is 24.6 Å². The lowest BCUT2D eigenvalue weighted by Crippen LogP contribution is -2.29. The zero-order chi connectivity index (χ0) is 18.4. The second-order valence-electron chi connectivity index (χ2n) is 5.60. The summed E-state index contributed by atoms with van der Waals surface area (Å²) >= 11 is 0. The number of nitriles is 1. The molecule has 130 valence electrons. The van der Waals surface area contributed by atoms with Crippen LogP contribution in [0.25, 0.3) is 11.0 Å². The molecule has 0 bridgehead atoms. The van der Waals surface area contributed by atoms with Gasteiger partial charge in [0.25, 0.3) is 0 Å². The molecule has 0 aliphatic rings. The largest absolute Gasteiger partial charge is 0.477 e. The first-order valence-corrected chi connectivity index (χ1v) is 8.33. The first-order chi connectivity index (χ1) is 12.7. The lowest BCUT2D eigenvalue weighted by molar-refractivity contribution is -0.121. The third-order valence-electron chi connectivity index (χ3n) is 3.82. The number of hydrogen-bond acceptors (Lipinski definition) is 5. The van der Waals surface area contributed by atoms with Crippen LogP contribution in [0.1, 0.15) is 24.1 Å². The van der Waals surface area contributed by atoms with Crippen molar-refractivity contribution < 1.29 is 9.53 Å². The van der Waals surface area contributed by atoms with E-state index in [2.05, 4.69) is 15.3 Å². The van der Waals surface area contributed by atoms with Gasteiger partial charge in [0.1, 0.15) is 5.69 Å². The van der Waals surface area contributed by atoms with Crippen molar-refractivity contribution >= 4 is 16.9 Å². The van der Waals surface area contributed by atoms with Crippen LogP contribution in [0.4, 0.5) is 0 Å². The summed E-state index contributed by atoms with van der Waals surface area (Å²) in [5, 5.41) is 12.4. The molecular weight excluding hydrogens is 328 g/mol. The van der Waals surface area contributed by atoms with Gasteiger partial charge in [-0.25, -0.2) is 9.97 Å². The summed E-state index contributed by atoms with van der Waals surface area (Å²) < 4.78 is 5.54. The average Bonchev–Trinajstić information content (AvgIpc) is 2.68. The molecule has 0 radical (unpaired) electrons. The van der Waals surface area contributed by atoms with E-state index in [1.165, 1.54) is 0 Å². The topological polar surface area (TPSA) is 87.9 Å². The SMILES string of the molecule is CCOc1nc2ccccc2nc1C(C#N)C(=O)NCc1ccccc1. The van der Waals surface area contributed by atoms with Crippen molar-refractivity contribution in [3.63, 3.8) is 0 Å². The molecular formula is C20H18N4O2. The summed E-state index contributed by atoms with van der Waals surface area (Å²) in [6.45, 7) is 2.52. The maximum atomic E-state index is 12.6. The molecule has 0 aliphatic carbocycles. The Morgan fingerprint density at radius 3 is 2.42 bits per heavy atom. The number of fused-ring (bicyclic) bond motifs is 1. The fourth-order valence-electron chi connectivity index (χ4n) is 2.56. The smallest absolute Gasteiger partial charge is 0.244 e. The maximum absolute atomic E-state index is 12.6. The monoisotopic (exact) mass is 346 g/mol. The number of nitrogens with zero attached hydrogens (tertiary/aromatic N) is 3. The lowest BCUT2D eigenvalue weighted by Gasteiger charge is -2.14. The number of carbonyl (C=O) groups excluding carboxylic acids is 1. The van der Waals surface area contributed by atoms with Crippen LogP contribution in [0.15, 0.2) is 54.6 Å². The van der Waals surface area contributed by atoms with E-state index >= 15 is 0 Å². The van der Waals surface area contributed by atoms with Gasteiger partial charge in [-0.1, -0.05) is 42.5 Å². The number of amides is 1. The summed E-state index contributed by atoms with van der Waals surface area (Å²) in [6, 6.07) is 18.8. The Kier molecular flexibility index (Phi) is 5.40. The highest BCUT2D eigenvalue weighted by Crippen LogP contribution is 2.26. The van der Waals surface area contributed by atoms with Gasteiger partial charge in [-0.15, -0.1) is 0 Å². The molecule has 3 rings (SSSR count). The van der Waals surface area contributed by atoms with Crippen molar-refractivity contribution in [1.82, 2.24) is 15.3 Å². The minimum atomic E-state index is -1.10. The predicted octanol–water partition coefficient (Wildman–Crippen LogP) is 2.95. The molecule has 6 nitrogen and oxygen atoms in total. The van der Waals surface area contributed by atoms with E-state index in [9.17, 15) is 10.1 Å². The number of benzene rings is 2. The highest BCUT2D eigenvalue weighted by atomic mass is 16.5. The Balaban J connectivity index is 1.89. The van der Waals surface area contributed by atoms with Gasteiger partial charge in [0.15, 0.2) is 5.92 Å². The van der Waals surface area contributed by atoms with E-state index in [0.717, 1.165) is 5.56 Å². The van der Waals surface area contributed by atoms with E-state index in [0.29, 0.717) is 24.2 Å². The Morgan fingerprint density at radius 2 is 1.77 bits per heavy atom. The van der Waals surface area contributed by atoms with Crippen LogP contribution < -0.4 is 10.1 Å². The van der Waals surface area contributed by atoms with Gasteiger partial charge in [0.05, 0.1) is 23.7 Å². The molecule has 0 saturated heterocycles. The average molecular weight is 346 g/mol. The first kappa shape index (κ1) is 17.4. The van der Waals surface area contributed by atoms with E-state index < -0.39 is 11.8 Å². The summed E-state index contributed by atoms with van der Waals surface area (Å²) in [7, 11) is 0. The number of para-hydroxylation sites is 2. The second-order valence-corrected chi connectivity index (χ2v) is 5.60. The third kappa shape index (κ3) is 3.78. The van der Waals surface area contributed by atoms with Crippen molar-refractivity contribution in [3.8, 4) is 11.9 Å². The van der Waals surface area contributed by atoms with Crippen molar-refractivity contribution in [2.24, 2.45) is 0 Å². The van der Waals surface area contributed by atoms with Crippen molar-refractivity contribution in [1.29, 1.82) is 5.26 Å². The predicted molar refractivity (Wildman–Crippen MR) is 97.3 cm³/mol. The molecule has 1 unspecified atom stereocenters. The number of nitrogens with one attached hydrogen (secondary N) is 1. The molecule has 1 aromatic heterocycles. The van der Waals surface area contributed by atoms with Crippen LogP contribution in [0.5, 0.6) is 5.88 Å². The molecule has 0 fully saturated rings. The molecule has 26 heavy (non-hydrogen) atoms. The summed E-state index contributed by atoms with van der Waals surface area (Å²) in [4.78, 5) is 21.5. The zero-order valence-electron chi connectivity index (χ0n) is 14.3. The van der Waals surface area contributed by atoms with E-state index in [1.807, 2.05) is 61.5 Å². The van der Waals surface area contributed by atoms with Crippen molar-refractivity contribution in [3.05, 3.63) is 65.9 Å². The van der Waals surface area contributed by atoms with Gasteiger partial charge >= 0.3 is 0 Å². The Bertz CT molecular complexity index is 951. The lowest BCUT2D eigenvalue weighted by atomic mass is 10.1. The van der Waals surface area contributed by atoms with Crippen LogP contribution in [0.3, 0.4) is 0 Å². The fourth-order valence-corrected chi connectivity index (χ4v) is 2.56. The van der Waals surface area contributed by atoms with Gasteiger partial charge in [-0.3, -0.25) is 4.79 Å². The van der Waals surface area contributed by atoms with Gasteiger partial charge in [0.2, 0.25) is 11.8 Å². The van der Waals surface area contributed by atoms with Crippen molar-refractivity contribution in [2.75, 3.05) is 6.61 Å². The second kappa shape index (κ2) is 8.08. The Morgan fingerprint density at radius 1 is 1.12 bits per heavy atom. The quantitative estimate of drug-likeness (QED) is 0.741.